The number of halogens is 1. The van der Waals surface area contributed by atoms with Gasteiger partial charge in [-0.3, -0.25) is 11.3 Å². The Morgan fingerprint density at radius 1 is 1.53 bits per heavy atom. The lowest BCUT2D eigenvalue weighted by Gasteiger charge is -2.31. The Kier molecular flexibility index (Phi) is 4.60. The molecule has 0 aliphatic carbocycles. The molecule has 0 aliphatic heterocycles. The van der Waals surface area contributed by atoms with E-state index in [-0.39, 0.29) is 6.04 Å². The average molecular weight is 297 g/mol. The molecule has 1 heterocycles. The molecule has 1 aromatic rings. The molecule has 0 radical (unpaired) electrons. The molecule has 4 nitrogen and oxygen atoms in total. The van der Waals surface area contributed by atoms with Gasteiger partial charge in [-0.1, -0.05) is 11.6 Å². The summed E-state index contributed by atoms with van der Waals surface area (Å²) < 4.78 is 23.2. The fourth-order valence-electron chi connectivity index (χ4n) is 1.43. The van der Waals surface area contributed by atoms with Gasteiger partial charge in [0.1, 0.15) is 0 Å². The van der Waals surface area contributed by atoms with Crippen LogP contribution >= 0.6 is 22.9 Å². The van der Waals surface area contributed by atoms with E-state index in [1.807, 2.05) is 6.07 Å². The van der Waals surface area contributed by atoms with Crippen molar-refractivity contribution in [2.75, 3.05) is 6.26 Å². The summed E-state index contributed by atoms with van der Waals surface area (Å²) in [6.45, 7) is 3.34. The number of nitrogens with one attached hydrogen (secondary N) is 1. The van der Waals surface area contributed by atoms with Crippen molar-refractivity contribution in [3.8, 4) is 0 Å². The quantitative estimate of drug-likeness (QED) is 0.639. The molecule has 1 unspecified atom stereocenters. The van der Waals surface area contributed by atoms with E-state index >= 15 is 0 Å². The van der Waals surface area contributed by atoms with Gasteiger partial charge in [-0.25, -0.2) is 8.42 Å². The summed E-state index contributed by atoms with van der Waals surface area (Å²) in [6, 6.07) is 3.32. The second-order valence-corrected chi connectivity index (χ2v) is 8.90. The molecule has 17 heavy (non-hydrogen) atoms. The number of hydrogen-bond acceptors (Lipinski definition) is 5. The zero-order valence-corrected chi connectivity index (χ0v) is 12.4. The van der Waals surface area contributed by atoms with Crippen LogP contribution < -0.4 is 11.3 Å². The van der Waals surface area contributed by atoms with Gasteiger partial charge in [-0.15, -0.1) is 11.3 Å². The van der Waals surface area contributed by atoms with Crippen LogP contribution in [0.15, 0.2) is 12.1 Å². The molecule has 3 N–H and O–H groups in total. The smallest absolute Gasteiger partial charge is 0.154 e. The van der Waals surface area contributed by atoms with Gasteiger partial charge in [-0.05, 0) is 26.0 Å². The van der Waals surface area contributed by atoms with Crippen molar-refractivity contribution in [2.24, 2.45) is 5.84 Å². The van der Waals surface area contributed by atoms with Crippen LogP contribution in [-0.4, -0.2) is 25.5 Å². The Labute approximate surface area is 111 Å². The van der Waals surface area contributed by atoms with Crippen molar-refractivity contribution >= 4 is 32.8 Å². The van der Waals surface area contributed by atoms with Crippen molar-refractivity contribution in [3.05, 3.63) is 21.3 Å². The molecule has 0 saturated heterocycles. The third-order valence-electron chi connectivity index (χ3n) is 3.03. The Morgan fingerprint density at radius 2 is 2.12 bits per heavy atom. The van der Waals surface area contributed by atoms with Gasteiger partial charge in [0, 0.05) is 23.6 Å². The summed E-state index contributed by atoms with van der Waals surface area (Å²) >= 11 is 7.27. The monoisotopic (exact) mass is 296 g/mol. The van der Waals surface area contributed by atoms with Crippen LogP contribution in [-0.2, 0) is 16.3 Å². The molecule has 0 amide bonds. The summed E-state index contributed by atoms with van der Waals surface area (Å²) in [4.78, 5) is 1.01. The lowest BCUT2D eigenvalue weighted by molar-refractivity contribution is 0.414. The lowest BCUT2D eigenvalue weighted by Crippen LogP contribution is -2.54. The third-order valence-corrected chi connectivity index (χ3v) is 6.48. The highest BCUT2D eigenvalue weighted by molar-refractivity contribution is 7.92. The van der Waals surface area contributed by atoms with Crippen LogP contribution in [0.1, 0.15) is 18.7 Å². The number of hydrogen-bond donors (Lipinski definition) is 2. The average Bonchev–Trinajstić information content (AvgIpc) is 2.58. The van der Waals surface area contributed by atoms with E-state index in [1.54, 1.807) is 19.9 Å². The van der Waals surface area contributed by atoms with Crippen LogP contribution in [0.25, 0.3) is 0 Å². The molecule has 0 bridgehead atoms. The minimum atomic E-state index is -3.20. The molecule has 7 heteroatoms. The summed E-state index contributed by atoms with van der Waals surface area (Å²) in [5.74, 6) is 5.47. The lowest BCUT2D eigenvalue weighted by atomic mass is 10.00. The first-order valence-electron chi connectivity index (χ1n) is 5.08. The van der Waals surface area contributed by atoms with Crippen LogP contribution in [0.3, 0.4) is 0 Å². The van der Waals surface area contributed by atoms with Gasteiger partial charge in [0.25, 0.3) is 0 Å². The second kappa shape index (κ2) is 5.24. The topological polar surface area (TPSA) is 72.2 Å². The summed E-state index contributed by atoms with van der Waals surface area (Å²) in [5.41, 5.74) is 2.59. The number of hydrazine groups is 1. The number of rotatable bonds is 5. The molecular weight excluding hydrogens is 280 g/mol. The van der Waals surface area contributed by atoms with Crippen LogP contribution in [0.4, 0.5) is 0 Å². The fourth-order valence-corrected chi connectivity index (χ4v) is 3.23. The Morgan fingerprint density at radius 3 is 2.47 bits per heavy atom. The van der Waals surface area contributed by atoms with Crippen molar-refractivity contribution in [1.29, 1.82) is 0 Å². The van der Waals surface area contributed by atoms with Crippen LogP contribution in [0.2, 0.25) is 4.34 Å². The maximum absolute atomic E-state index is 11.7. The fraction of sp³-hybridized carbons (Fsp3) is 0.600. The first kappa shape index (κ1) is 14.9. The molecule has 0 aliphatic rings. The van der Waals surface area contributed by atoms with E-state index in [2.05, 4.69) is 5.43 Å². The van der Waals surface area contributed by atoms with Gasteiger partial charge < -0.3 is 0 Å². The first-order valence-corrected chi connectivity index (χ1v) is 8.17. The number of thiophene rings is 1. The highest BCUT2D eigenvalue weighted by Crippen LogP contribution is 2.27. The predicted molar refractivity (Wildman–Crippen MR) is 73.1 cm³/mol. The minimum Gasteiger partial charge on any atom is -0.271 e. The molecule has 98 valence electrons. The number of sulfone groups is 1. The first-order chi connectivity index (χ1) is 7.68. The highest BCUT2D eigenvalue weighted by Gasteiger charge is 2.38. The van der Waals surface area contributed by atoms with Gasteiger partial charge >= 0.3 is 0 Å². The molecule has 0 saturated carbocycles. The van der Waals surface area contributed by atoms with E-state index < -0.39 is 14.6 Å². The zero-order chi connectivity index (χ0) is 13.3. The maximum atomic E-state index is 11.7. The highest BCUT2D eigenvalue weighted by atomic mass is 35.5. The van der Waals surface area contributed by atoms with Crippen LogP contribution in [0.5, 0.6) is 0 Å². The SMILES string of the molecule is CC(C)(C(Cc1ccc(Cl)s1)NN)S(C)(=O)=O. The molecule has 1 atom stereocenters. The van der Waals surface area contributed by atoms with Crippen molar-refractivity contribution in [3.63, 3.8) is 0 Å². The summed E-state index contributed by atoms with van der Waals surface area (Å²) in [6.07, 6.45) is 1.76. The third kappa shape index (κ3) is 3.42. The molecule has 0 spiro atoms. The van der Waals surface area contributed by atoms with Gasteiger partial charge in [-0.2, -0.15) is 0 Å². The van der Waals surface area contributed by atoms with Crippen molar-refractivity contribution < 1.29 is 8.42 Å². The van der Waals surface area contributed by atoms with E-state index in [1.165, 1.54) is 17.6 Å². The van der Waals surface area contributed by atoms with E-state index in [4.69, 9.17) is 17.4 Å². The Bertz CT molecular complexity index is 482. The molecule has 1 aromatic heterocycles. The summed E-state index contributed by atoms with van der Waals surface area (Å²) in [7, 11) is -3.20. The van der Waals surface area contributed by atoms with E-state index in [9.17, 15) is 8.42 Å². The predicted octanol–water partition coefficient (Wildman–Crippen LogP) is 1.60. The Hall–Kier alpha value is -0.140. The van der Waals surface area contributed by atoms with Crippen molar-refractivity contribution in [2.45, 2.75) is 31.1 Å². The van der Waals surface area contributed by atoms with E-state index in [0.29, 0.717) is 10.8 Å². The molecule has 1 rings (SSSR count). The summed E-state index contributed by atoms with van der Waals surface area (Å²) in [5, 5.41) is 0. The van der Waals surface area contributed by atoms with E-state index in [0.717, 1.165) is 4.88 Å². The zero-order valence-electron chi connectivity index (χ0n) is 10.0. The maximum Gasteiger partial charge on any atom is 0.154 e. The molecule has 0 fully saturated rings. The number of nitrogens with two attached hydrogens (primary N) is 1. The standard InChI is InChI=1S/C10H17ClN2O2S2/c1-10(2,17(3,14)15)8(13-12)6-7-4-5-9(11)16-7/h4-5,8,13H,6,12H2,1-3H3. The molecule has 0 aromatic carbocycles. The van der Waals surface area contributed by atoms with Gasteiger partial charge in [0.15, 0.2) is 9.84 Å². The molecular formula is C10H17ClN2O2S2. The van der Waals surface area contributed by atoms with Gasteiger partial charge in [0.05, 0.1) is 9.08 Å². The largest absolute Gasteiger partial charge is 0.271 e. The van der Waals surface area contributed by atoms with Crippen LogP contribution in [0, 0.1) is 0 Å². The minimum absolute atomic E-state index is 0.354. The second-order valence-electron chi connectivity index (χ2n) is 4.50. The Balaban J connectivity index is 2.93. The van der Waals surface area contributed by atoms with Crippen molar-refractivity contribution in [1.82, 2.24) is 5.43 Å². The van der Waals surface area contributed by atoms with Gasteiger partial charge in [0.2, 0.25) is 0 Å². The normalized spacial score (nSPS) is 14.9.